The second kappa shape index (κ2) is 27.4. The van der Waals surface area contributed by atoms with Crippen LogP contribution in [-0.4, -0.2) is 166 Å². The van der Waals surface area contributed by atoms with Crippen LogP contribution in [0.3, 0.4) is 0 Å². The lowest BCUT2D eigenvalue weighted by molar-refractivity contribution is -0.163. The number of rotatable bonds is 14. The lowest BCUT2D eigenvalue weighted by Gasteiger charge is -2.36. The van der Waals surface area contributed by atoms with E-state index >= 15 is 0 Å². The zero-order valence-electron chi connectivity index (χ0n) is 44.8. The molecule has 2 saturated heterocycles. The van der Waals surface area contributed by atoms with E-state index in [4.69, 9.17) is 14.2 Å². The molecule has 20 heteroatoms. The van der Waals surface area contributed by atoms with E-state index in [2.05, 4.69) is 16.0 Å². The van der Waals surface area contributed by atoms with Crippen LogP contribution in [0.5, 0.6) is 5.75 Å². The molecule has 0 unspecified atom stereocenters. The Morgan fingerprint density at radius 2 is 1.53 bits per heavy atom. The number of amides is 6. The van der Waals surface area contributed by atoms with Crippen molar-refractivity contribution in [2.24, 2.45) is 29.6 Å². The van der Waals surface area contributed by atoms with Crippen LogP contribution >= 0.6 is 0 Å². The Kier molecular flexibility index (Phi) is 23.1. The van der Waals surface area contributed by atoms with Crippen LogP contribution in [0.15, 0.2) is 24.3 Å². The zero-order chi connectivity index (χ0) is 54.5. The Morgan fingerprint density at radius 3 is 2.07 bits per heavy atom. The van der Waals surface area contributed by atoms with Gasteiger partial charge in [0, 0.05) is 27.1 Å². The fraction of sp³-hybridized carbons (Fsp3) is 0.712. The zero-order valence-corrected chi connectivity index (χ0v) is 44.8. The van der Waals surface area contributed by atoms with Crippen molar-refractivity contribution in [3.05, 3.63) is 29.8 Å². The molecule has 6 amide bonds. The van der Waals surface area contributed by atoms with Gasteiger partial charge in [0.05, 0.1) is 31.6 Å². The SMILES string of the molecule is CC[C@H](C)[C@H]1NC(=O)[C@@H](NC(=O)[C@@H](CC(C)C)N(C)C(=O)[C@H](C)O)[C@@H](C)OC(=O)[C@H](Cc2ccc(OC)cc2)N(C)C(=O)[C@@H]2CCCN2C(=O)[C@H](CC(C)C)NC(=O)[C@@H](C)C(=O)[C@H](C(C)C)OC(=O)C[C@@H]1O. The average molecular weight is 1020 g/mol. The summed E-state index contributed by atoms with van der Waals surface area (Å²) >= 11 is 0. The second-order valence-corrected chi connectivity index (χ2v) is 20.8. The van der Waals surface area contributed by atoms with Crippen molar-refractivity contribution in [3.8, 4) is 5.75 Å². The number of ketones is 1. The van der Waals surface area contributed by atoms with E-state index in [0.717, 1.165) is 4.90 Å². The predicted octanol–water partition coefficient (Wildman–Crippen LogP) is 2.33. The highest BCUT2D eigenvalue weighted by molar-refractivity contribution is 6.05. The molecule has 1 aromatic carbocycles. The number of nitrogens with zero attached hydrogens (tertiary/aromatic N) is 3. The van der Waals surface area contributed by atoms with Crippen molar-refractivity contribution in [2.45, 2.75) is 182 Å². The molecule has 72 heavy (non-hydrogen) atoms. The first-order chi connectivity index (χ1) is 33.6. The summed E-state index contributed by atoms with van der Waals surface area (Å²) in [6.45, 7) is 18.1. The fourth-order valence-electron chi connectivity index (χ4n) is 9.05. The topological polar surface area (TPSA) is 268 Å². The van der Waals surface area contributed by atoms with E-state index in [-0.39, 0.29) is 44.1 Å². The number of ether oxygens (including phenoxy) is 3. The fourth-order valence-corrected chi connectivity index (χ4v) is 9.05. The number of aliphatic hydroxyl groups is 2. The van der Waals surface area contributed by atoms with Gasteiger partial charge in [0.25, 0.3) is 5.91 Å². The van der Waals surface area contributed by atoms with Crippen molar-refractivity contribution in [1.82, 2.24) is 30.7 Å². The monoisotopic (exact) mass is 1010 g/mol. The van der Waals surface area contributed by atoms with Gasteiger partial charge in [-0.05, 0) is 87.8 Å². The summed E-state index contributed by atoms with van der Waals surface area (Å²) in [4.78, 5) is 132. The molecule has 20 nitrogen and oxygen atoms in total. The van der Waals surface area contributed by atoms with Crippen LogP contribution < -0.4 is 20.7 Å². The Morgan fingerprint density at radius 1 is 0.903 bits per heavy atom. The van der Waals surface area contributed by atoms with Crippen LogP contribution in [-0.2, 0) is 59.0 Å². The molecule has 0 radical (unpaired) electrons. The van der Waals surface area contributed by atoms with Crippen LogP contribution in [0.25, 0.3) is 0 Å². The molecular weight excluding hydrogens is 933 g/mol. The molecule has 2 fully saturated rings. The summed E-state index contributed by atoms with van der Waals surface area (Å²) < 4.78 is 17.1. The number of methoxy groups -OCH3 is 1. The maximum absolute atomic E-state index is 14.8. The van der Waals surface area contributed by atoms with Gasteiger partial charge >= 0.3 is 11.9 Å². The predicted molar refractivity (Wildman–Crippen MR) is 265 cm³/mol. The first-order valence-electron chi connectivity index (χ1n) is 25.3. The second-order valence-electron chi connectivity index (χ2n) is 20.8. The van der Waals surface area contributed by atoms with Gasteiger partial charge in [0.2, 0.25) is 29.5 Å². The average Bonchev–Trinajstić information content (AvgIpc) is 3.82. The van der Waals surface area contributed by atoms with Crippen LogP contribution in [0.2, 0.25) is 0 Å². The third-order valence-corrected chi connectivity index (χ3v) is 13.7. The Balaban J connectivity index is 2.29. The number of esters is 2. The third kappa shape index (κ3) is 16.2. The minimum atomic E-state index is -1.73. The van der Waals surface area contributed by atoms with Gasteiger partial charge in [-0.2, -0.15) is 0 Å². The normalized spacial score (nSPS) is 27.1. The summed E-state index contributed by atoms with van der Waals surface area (Å²) in [6.07, 6.45) is -5.64. The quantitative estimate of drug-likeness (QED) is 0.132. The molecular formula is C52H82N6O14. The molecule has 2 aliphatic heterocycles. The first kappa shape index (κ1) is 60.7. The number of benzene rings is 1. The number of carbonyl (C=O) groups is 9. The van der Waals surface area contributed by atoms with E-state index in [9.17, 15) is 53.4 Å². The number of fused-ring (bicyclic) bond motifs is 1. The number of carbonyl (C=O) groups excluding carboxylic acids is 9. The van der Waals surface area contributed by atoms with Gasteiger partial charge in [-0.1, -0.05) is 73.9 Å². The third-order valence-electron chi connectivity index (χ3n) is 13.7. The summed E-state index contributed by atoms with van der Waals surface area (Å²) in [5, 5.41) is 30.1. The van der Waals surface area contributed by atoms with Gasteiger partial charge in [-0.3, -0.25) is 38.4 Å². The number of hydrogen-bond acceptors (Lipinski definition) is 14. The minimum absolute atomic E-state index is 0.0955. The smallest absolute Gasteiger partial charge is 0.329 e. The van der Waals surface area contributed by atoms with E-state index < -0.39 is 138 Å². The Bertz CT molecular complexity index is 2060. The van der Waals surface area contributed by atoms with Crippen molar-refractivity contribution in [2.75, 3.05) is 27.7 Å². The summed E-state index contributed by atoms with van der Waals surface area (Å²) in [5.74, 6) is -9.61. The highest BCUT2D eigenvalue weighted by Gasteiger charge is 2.45. The molecule has 404 valence electrons. The summed E-state index contributed by atoms with van der Waals surface area (Å²) in [7, 11) is 4.23. The number of aliphatic hydroxyl groups excluding tert-OH is 2. The molecule has 0 spiro atoms. The minimum Gasteiger partial charge on any atom is -0.497 e. The molecule has 1 aromatic rings. The van der Waals surface area contributed by atoms with Crippen molar-refractivity contribution >= 4 is 53.2 Å². The molecule has 5 N–H and O–H groups in total. The van der Waals surface area contributed by atoms with Gasteiger partial charge in [-0.15, -0.1) is 0 Å². The van der Waals surface area contributed by atoms with Crippen LogP contribution in [0.1, 0.15) is 120 Å². The number of cyclic esters (lactones) is 2. The Hall–Kier alpha value is -5.63. The van der Waals surface area contributed by atoms with Crippen LogP contribution in [0, 0.1) is 29.6 Å². The van der Waals surface area contributed by atoms with Gasteiger partial charge in [0.15, 0.2) is 11.9 Å². The maximum Gasteiger partial charge on any atom is 0.329 e. The van der Waals surface area contributed by atoms with Crippen molar-refractivity contribution < 1.29 is 67.6 Å². The highest BCUT2D eigenvalue weighted by Crippen LogP contribution is 2.26. The molecule has 3 rings (SSSR count). The van der Waals surface area contributed by atoms with Gasteiger partial charge < -0.3 is 55.1 Å². The van der Waals surface area contributed by atoms with E-state index in [0.29, 0.717) is 24.2 Å². The van der Waals surface area contributed by atoms with Gasteiger partial charge in [0.1, 0.15) is 48.2 Å². The molecule has 0 saturated carbocycles. The number of likely N-dealkylation sites (N-methyl/N-ethyl adjacent to an activating group) is 2. The lowest BCUT2D eigenvalue weighted by atomic mass is 9.91. The Labute approximate surface area is 425 Å². The van der Waals surface area contributed by atoms with Crippen molar-refractivity contribution in [3.63, 3.8) is 0 Å². The number of hydrogen-bond donors (Lipinski definition) is 5. The molecule has 0 aliphatic carbocycles. The maximum atomic E-state index is 14.8. The summed E-state index contributed by atoms with van der Waals surface area (Å²) in [5.41, 5.74) is 0.582. The molecule has 2 aliphatic rings. The molecule has 2 heterocycles. The molecule has 12 atom stereocenters. The standard InChI is InChI=1S/C52H82N6O14/c1-15-30(8)42-40(60)26-41(61)72-45(29(6)7)44(62)31(9)46(63)53-36(23-27(2)3)50(67)58-22-16-17-37(58)51(68)57(13)39(25-34-18-20-35(70-14)21-19-34)52(69)71-33(11)43(48(65)54-42)55-47(64)38(24-28(4)5)56(12)49(66)32(10)59/h18-21,27-33,36-40,42-43,45,59-60H,15-17,22-26H2,1-14H3,(H,53,63)(H,54,65)(H,55,64)/t30-,31-,32-,33+,36-,37-,38+,39-,40-,42+,43-,45-/m0/s1. The van der Waals surface area contributed by atoms with E-state index in [1.54, 1.807) is 52.0 Å². The molecule has 0 bridgehead atoms. The van der Waals surface area contributed by atoms with E-state index in [1.807, 2.05) is 27.7 Å². The van der Waals surface area contributed by atoms with E-state index in [1.165, 1.54) is 51.8 Å². The number of Topliss-reactive ketones (excluding diaryl/α,β-unsaturated/α-hetero) is 1. The highest BCUT2D eigenvalue weighted by atomic mass is 16.6. The number of nitrogens with one attached hydrogen (secondary N) is 3. The summed E-state index contributed by atoms with van der Waals surface area (Å²) in [6, 6.07) is -1.03. The lowest BCUT2D eigenvalue weighted by Crippen LogP contribution is -2.62. The van der Waals surface area contributed by atoms with Gasteiger partial charge in [-0.25, -0.2) is 4.79 Å². The molecule has 0 aromatic heterocycles. The first-order valence-corrected chi connectivity index (χ1v) is 25.3. The van der Waals surface area contributed by atoms with Crippen LogP contribution in [0.4, 0.5) is 0 Å². The van der Waals surface area contributed by atoms with Crippen molar-refractivity contribution in [1.29, 1.82) is 0 Å². The largest absolute Gasteiger partial charge is 0.497 e.